The molecule has 6 heteroatoms. The van der Waals surface area contributed by atoms with Crippen molar-refractivity contribution in [2.75, 3.05) is 6.54 Å². The maximum Gasteiger partial charge on any atom is 0.186 e. The van der Waals surface area contributed by atoms with E-state index in [0.29, 0.717) is 10.5 Å². The van der Waals surface area contributed by atoms with Gasteiger partial charge >= 0.3 is 0 Å². The van der Waals surface area contributed by atoms with E-state index in [2.05, 4.69) is 4.99 Å². The molecule has 17 heavy (non-hydrogen) atoms. The van der Waals surface area contributed by atoms with Gasteiger partial charge in [0.05, 0.1) is 24.8 Å². The maximum atomic E-state index is 12.5. The molecule has 1 aromatic rings. The number of hydrogen-bond acceptors (Lipinski definition) is 3. The SMILES string of the molecule is CC.NC(N)=NC[C@H](O)c1ccccc1SF. The molecule has 0 amide bonds. The third-order valence-corrected chi connectivity index (χ3v) is 2.35. The van der Waals surface area contributed by atoms with E-state index in [1.165, 1.54) is 0 Å². The van der Waals surface area contributed by atoms with Gasteiger partial charge in [0.25, 0.3) is 0 Å². The summed E-state index contributed by atoms with van der Waals surface area (Å²) in [6.07, 6.45) is -0.897. The van der Waals surface area contributed by atoms with Crippen molar-refractivity contribution in [2.24, 2.45) is 16.5 Å². The lowest BCUT2D eigenvalue weighted by Gasteiger charge is -2.10. The molecule has 0 spiro atoms. The number of hydrogen-bond donors (Lipinski definition) is 3. The standard InChI is InChI=1S/C9H12FN3OS.C2H6/c10-15-8-4-2-1-3-6(8)7(14)5-13-9(11)12;1-2/h1-4,7,14H,5H2,(H4,11,12,13);1-2H3/t7-;/m0./s1. The Morgan fingerprint density at radius 3 is 2.53 bits per heavy atom. The van der Waals surface area contributed by atoms with Crippen molar-refractivity contribution in [3.05, 3.63) is 29.8 Å². The van der Waals surface area contributed by atoms with E-state index in [1.807, 2.05) is 13.8 Å². The molecule has 1 rings (SSSR count). The summed E-state index contributed by atoms with van der Waals surface area (Å²) >= 11 is 0.0870. The van der Waals surface area contributed by atoms with Gasteiger partial charge < -0.3 is 16.6 Å². The van der Waals surface area contributed by atoms with Crippen LogP contribution in [0, 0.1) is 0 Å². The van der Waals surface area contributed by atoms with E-state index in [9.17, 15) is 8.99 Å². The van der Waals surface area contributed by atoms with Crippen molar-refractivity contribution >= 4 is 18.1 Å². The van der Waals surface area contributed by atoms with Crippen LogP contribution in [-0.4, -0.2) is 17.6 Å². The second kappa shape index (κ2) is 8.83. The van der Waals surface area contributed by atoms with Crippen LogP contribution in [0.2, 0.25) is 0 Å². The number of halogens is 1. The third kappa shape index (κ3) is 5.55. The van der Waals surface area contributed by atoms with Gasteiger partial charge in [0.2, 0.25) is 0 Å². The fourth-order valence-corrected chi connectivity index (χ4v) is 1.54. The Hall–Kier alpha value is -1.27. The Bertz CT molecular complexity index is 356. The molecule has 0 radical (unpaired) electrons. The number of aliphatic imine (C=N–C) groups is 1. The lowest BCUT2D eigenvalue weighted by atomic mass is 10.1. The lowest BCUT2D eigenvalue weighted by Crippen LogP contribution is -2.23. The van der Waals surface area contributed by atoms with Gasteiger partial charge in [0.15, 0.2) is 5.96 Å². The van der Waals surface area contributed by atoms with Crippen molar-refractivity contribution < 1.29 is 8.99 Å². The molecule has 4 nitrogen and oxygen atoms in total. The molecule has 0 aliphatic heterocycles. The predicted molar refractivity (Wildman–Crippen MR) is 70.4 cm³/mol. The molecule has 0 saturated heterocycles. The topological polar surface area (TPSA) is 84.6 Å². The average Bonchev–Trinajstić information content (AvgIpc) is 2.38. The van der Waals surface area contributed by atoms with E-state index >= 15 is 0 Å². The highest BCUT2D eigenvalue weighted by molar-refractivity contribution is 7.94. The highest BCUT2D eigenvalue weighted by atomic mass is 32.2. The smallest absolute Gasteiger partial charge is 0.186 e. The van der Waals surface area contributed by atoms with E-state index in [4.69, 9.17) is 11.5 Å². The minimum absolute atomic E-state index is 0.0277. The summed E-state index contributed by atoms with van der Waals surface area (Å²) < 4.78 is 12.5. The molecule has 1 aromatic carbocycles. The first kappa shape index (κ1) is 15.7. The summed E-state index contributed by atoms with van der Waals surface area (Å²) in [6.45, 7) is 4.03. The molecule has 0 bridgehead atoms. The Morgan fingerprint density at radius 2 is 2.00 bits per heavy atom. The summed E-state index contributed by atoms with van der Waals surface area (Å²) in [4.78, 5) is 4.04. The van der Waals surface area contributed by atoms with Crippen LogP contribution in [-0.2, 0) is 0 Å². The Balaban J connectivity index is 0.00000121. The highest BCUT2D eigenvalue weighted by Crippen LogP contribution is 2.28. The first-order valence-corrected chi connectivity index (χ1v) is 5.97. The number of aliphatic hydroxyl groups is 1. The molecule has 0 unspecified atom stereocenters. The van der Waals surface area contributed by atoms with Crippen molar-refractivity contribution in [3.63, 3.8) is 0 Å². The molecule has 1 atom stereocenters. The van der Waals surface area contributed by atoms with Crippen LogP contribution in [0.1, 0.15) is 25.5 Å². The van der Waals surface area contributed by atoms with Crippen molar-refractivity contribution in [1.82, 2.24) is 0 Å². The number of nitrogens with zero attached hydrogens (tertiary/aromatic N) is 1. The van der Waals surface area contributed by atoms with Crippen LogP contribution in [0.25, 0.3) is 0 Å². The maximum absolute atomic E-state index is 12.5. The van der Waals surface area contributed by atoms with Crippen LogP contribution >= 0.6 is 12.1 Å². The first-order valence-electron chi connectivity index (χ1n) is 5.26. The van der Waals surface area contributed by atoms with E-state index < -0.39 is 6.10 Å². The summed E-state index contributed by atoms with van der Waals surface area (Å²) in [7, 11) is 0. The van der Waals surface area contributed by atoms with Gasteiger partial charge in [-0.25, -0.2) is 0 Å². The van der Waals surface area contributed by atoms with E-state index in [1.54, 1.807) is 24.3 Å². The summed E-state index contributed by atoms with van der Waals surface area (Å²) in [6, 6.07) is 6.63. The fraction of sp³-hybridized carbons (Fsp3) is 0.364. The normalized spacial score (nSPS) is 11.1. The minimum Gasteiger partial charge on any atom is -0.386 e. The van der Waals surface area contributed by atoms with Crippen molar-refractivity contribution in [2.45, 2.75) is 24.8 Å². The van der Waals surface area contributed by atoms with Crippen molar-refractivity contribution in [1.29, 1.82) is 0 Å². The van der Waals surface area contributed by atoms with Gasteiger partial charge in [-0.15, -0.1) is 0 Å². The van der Waals surface area contributed by atoms with Gasteiger partial charge in [-0.2, -0.15) is 3.89 Å². The Labute approximate surface area is 105 Å². The fourth-order valence-electron chi connectivity index (χ4n) is 1.12. The second-order valence-electron chi connectivity index (χ2n) is 2.90. The number of nitrogens with two attached hydrogens (primary N) is 2. The largest absolute Gasteiger partial charge is 0.386 e. The monoisotopic (exact) mass is 259 g/mol. The lowest BCUT2D eigenvalue weighted by molar-refractivity contribution is 0.184. The van der Waals surface area contributed by atoms with Crippen LogP contribution in [0.4, 0.5) is 3.89 Å². The molecule has 0 fully saturated rings. The van der Waals surface area contributed by atoms with E-state index in [0.717, 1.165) is 0 Å². The predicted octanol–water partition coefficient (Wildman–Crippen LogP) is 2.00. The highest BCUT2D eigenvalue weighted by Gasteiger charge is 2.11. The average molecular weight is 259 g/mol. The summed E-state index contributed by atoms with van der Waals surface area (Å²) in [5, 5.41) is 9.68. The Kier molecular flexibility index (Phi) is 8.17. The van der Waals surface area contributed by atoms with Crippen LogP contribution in [0.5, 0.6) is 0 Å². The van der Waals surface area contributed by atoms with Crippen molar-refractivity contribution in [3.8, 4) is 0 Å². The number of aliphatic hydroxyl groups excluding tert-OH is 1. The van der Waals surface area contributed by atoms with Gasteiger partial charge in [0.1, 0.15) is 0 Å². The minimum atomic E-state index is -0.897. The Morgan fingerprint density at radius 1 is 1.41 bits per heavy atom. The number of guanidine groups is 1. The molecular formula is C11H18FN3OS. The second-order valence-corrected chi connectivity index (χ2v) is 3.49. The quantitative estimate of drug-likeness (QED) is 0.570. The van der Waals surface area contributed by atoms with Crippen LogP contribution in [0.3, 0.4) is 0 Å². The van der Waals surface area contributed by atoms with Gasteiger partial charge in [-0.05, 0) is 11.6 Å². The zero-order valence-electron chi connectivity index (χ0n) is 9.93. The molecular weight excluding hydrogens is 241 g/mol. The van der Waals surface area contributed by atoms with Crippen LogP contribution in [0.15, 0.2) is 34.2 Å². The van der Waals surface area contributed by atoms with Gasteiger partial charge in [-0.3, -0.25) is 4.99 Å². The zero-order chi connectivity index (χ0) is 13.3. The molecule has 0 saturated carbocycles. The third-order valence-electron chi connectivity index (χ3n) is 1.81. The molecule has 0 aliphatic rings. The molecule has 0 aromatic heterocycles. The summed E-state index contributed by atoms with van der Waals surface area (Å²) in [5.74, 6) is -0.0977. The first-order chi connectivity index (χ1) is 8.15. The van der Waals surface area contributed by atoms with E-state index in [-0.39, 0.29) is 24.7 Å². The van der Waals surface area contributed by atoms with Crippen LogP contribution < -0.4 is 11.5 Å². The molecule has 0 aliphatic carbocycles. The molecule has 96 valence electrons. The molecule has 5 N–H and O–H groups in total. The van der Waals surface area contributed by atoms with Gasteiger partial charge in [-0.1, -0.05) is 32.0 Å². The molecule has 0 heterocycles. The zero-order valence-corrected chi connectivity index (χ0v) is 10.7. The summed E-state index contributed by atoms with van der Waals surface area (Å²) in [5.41, 5.74) is 10.7. The number of rotatable bonds is 4. The number of benzene rings is 1. The van der Waals surface area contributed by atoms with Gasteiger partial charge in [0, 0.05) is 4.90 Å².